The van der Waals surface area contributed by atoms with Crippen LogP contribution in [0.1, 0.15) is 21.5 Å². The van der Waals surface area contributed by atoms with Crippen LogP contribution in [0.3, 0.4) is 0 Å². The molecule has 7 heteroatoms. The van der Waals surface area contributed by atoms with E-state index in [1.165, 1.54) is 12.1 Å². The van der Waals surface area contributed by atoms with Crippen LogP contribution in [-0.2, 0) is 0 Å². The standard InChI is InChI=1S/C15H14N4O3/c1-9-2-7-13(19(21)22)12(8-9)15(20)18-11-5-3-10(4-6-11)14(16)17/h2-8H,1H3,(H3,16,17)(H,18,20). The molecular formula is C15H14N4O3. The maximum absolute atomic E-state index is 12.2. The summed E-state index contributed by atoms with van der Waals surface area (Å²) in [5.74, 6) is -0.641. The molecule has 1 amide bonds. The van der Waals surface area contributed by atoms with Crippen LogP contribution in [0.25, 0.3) is 0 Å². The highest BCUT2D eigenvalue weighted by molar-refractivity contribution is 6.07. The van der Waals surface area contributed by atoms with Gasteiger partial charge in [0, 0.05) is 17.3 Å². The van der Waals surface area contributed by atoms with Crippen molar-refractivity contribution in [1.82, 2.24) is 0 Å². The third-order valence-corrected chi connectivity index (χ3v) is 3.05. The number of nitrogens with one attached hydrogen (secondary N) is 2. The van der Waals surface area contributed by atoms with Gasteiger partial charge in [0.1, 0.15) is 11.4 Å². The number of anilines is 1. The molecule has 2 rings (SSSR count). The SMILES string of the molecule is Cc1ccc([N+](=O)[O-])c(C(=O)Nc2ccc(C(=N)N)cc2)c1. The highest BCUT2D eigenvalue weighted by atomic mass is 16.6. The largest absolute Gasteiger partial charge is 0.384 e. The second-order valence-electron chi connectivity index (χ2n) is 4.72. The molecule has 0 aromatic heterocycles. The summed E-state index contributed by atoms with van der Waals surface area (Å²) in [7, 11) is 0. The van der Waals surface area contributed by atoms with E-state index < -0.39 is 10.8 Å². The highest BCUT2D eigenvalue weighted by Crippen LogP contribution is 2.21. The normalized spacial score (nSPS) is 10.0. The number of nitrogen functional groups attached to an aromatic ring is 1. The van der Waals surface area contributed by atoms with Gasteiger partial charge in [-0.3, -0.25) is 20.3 Å². The van der Waals surface area contributed by atoms with Gasteiger partial charge in [0.05, 0.1) is 4.92 Å². The molecule has 0 aliphatic rings. The molecule has 0 bridgehead atoms. The van der Waals surface area contributed by atoms with Crippen molar-refractivity contribution in [3.05, 3.63) is 69.3 Å². The number of hydrogen-bond donors (Lipinski definition) is 3. The zero-order valence-electron chi connectivity index (χ0n) is 11.8. The predicted octanol–water partition coefficient (Wildman–Crippen LogP) is 2.44. The fourth-order valence-corrected chi connectivity index (χ4v) is 1.92. The number of nitrogens with zero attached hydrogens (tertiary/aromatic N) is 1. The molecule has 2 aromatic carbocycles. The molecule has 0 fully saturated rings. The van der Waals surface area contributed by atoms with Gasteiger partial charge in [-0.25, -0.2) is 0 Å². The lowest BCUT2D eigenvalue weighted by molar-refractivity contribution is -0.385. The Morgan fingerprint density at radius 1 is 1.23 bits per heavy atom. The predicted molar refractivity (Wildman–Crippen MR) is 83.2 cm³/mol. The van der Waals surface area contributed by atoms with Crippen LogP contribution < -0.4 is 11.1 Å². The Labute approximate surface area is 126 Å². The number of nitro groups is 1. The van der Waals surface area contributed by atoms with Gasteiger partial charge >= 0.3 is 0 Å². The van der Waals surface area contributed by atoms with E-state index in [0.29, 0.717) is 11.3 Å². The van der Waals surface area contributed by atoms with Crippen LogP contribution in [-0.4, -0.2) is 16.7 Å². The van der Waals surface area contributed by atoms with Crippen molar-refractivity contribution in [1.29, 1.82) is 5.41 Å². The molecular weight excluding hydrogens is 284 g/mol. The summed E-state index contributed by atoms with van der Waals surface area (Å²) < 4.78 is 0. The minimum Gasteiger partial charge on any atom is -0.384 e. The second-order valence-corrected chi connectivity index (χ2v) is 4.72. The number of amides is 1. The van der Waals surface area contributed by atoms with E-state index in [0.717, 1.165) is 5.56 Å². The molecule has 0 aliphatic heterocycles. The van der Waals surface area contributed by atoms with Crippen LogP contribution in [0.4, 0.5) is 11.4 Å². The molecule has 7 nitrogen and oxygen atoms in total. The number of carbonyl (C=O) groups excluding carboxylic acids is 1. The zero-order chi connectivity index (χ0) is 16.3. The molecule has 0 saturated carbocycles. The first-order chi connectivity index (χ1) is 10.4. The summed E-state index contributed by atoms with van der Waals surface area (Å²) in [6.07, 6.45) is 0. The first kappa shape index (κ1) is 15.2. The minimum atomic E-state index is -0.590. The fraction of sp³-hybridized carbons (Fsp3) is 0.0667. The maximum atomic E-state index is 12.2. The summed E-state index contributed by atoms with van der Waals surface area (Å²) in [5.41, 5.74) is 6.84. The van der Waals surface area contributed by atoms with Crippen molar-refractivity contribution in [2.45, 2.75) is 6.92 Å². The van der Waals surface area contributed by atoms with E-state index >= 15 is 0 Å². The van der Waals surface area contributed by atoms with Crippen molar-refractivity contribution in [2.24, 2.45) is 5.73 Å². The van der Waals surface area contributed by atoms with Crippen molar-refractivity contribution < 1.29 is 9.72 Å². The van der Waals surface area contributed by atoms with E-state index in [1.807, 2.05) is 0 Å². The van der Waals surface area contributed by atoms with Crippen molar-refractivity contribution in [2.75, 3.05) is 5.32 Å². The van der Waals surface area contributed by atoms with Crippen LogP contribution in [0.15, 0.2) is 42.5 Å². The van der Waals surface area contributed by atoms with E-state index in [-0.39, 0.29) is 17.1 Å². The Morgan fingerprint density at radius 2 is 1.86 bits per heavy atom. The third kappa shape index (κ3) is 3.26. The second kappa shape index (κ2) is 6.04. The molecule has 2 aromatic rings. The Bertz CT molecular complexity index is 754. The quantitative estimate of drug-likeness (QED) is 0.347. The van der Waals surface area contributed by atoms with E-state index in [2.05, 4.69) is 5.32 Å². The van der Waals surface area contributed by atoms with Crippen molar-refractivity contribution in [3.63, 3.8) is 0 Å². The average molecular weight is 298 g/mol. The van der Waals surface area contributed by atoms with Crippen LogP contribution in [0, 0.1) is 22.4 Å². The number of aryl methyl sites for hydroxylation is 1. The number of carbonyl (C=O) groups is 1. The number of hydrogen-bond acceptors (Lipinski definition) is 4. The number of nitro benzene ring substituents is 1. The van der Waals surface area contributed by atoms with Gasteiger partial charge in [-0.05, 0) is 42.8 Å². The molecule has 0 saturated heterocycles. The topological polar surface area (TPSA) is 122 Å². The Morgan fingerprint density at radius 3 is 2.41 bits per heavy atom. The molecule has 0 spiro atoms. The smallest absolute Gasteiger partial charge is 0.282 e. The Hall–Kier alpha value is -3.22. The van der Waals surface area contributed by atoms with Gasteiger partial charge in [-0.2, -0.15) is 0 Å². The van der Waals surface area contributed by atoms with Crippen molar-refractivity contribution >= 4 is 23.1 Å². The fourth-order valence-electron chi connectivity index (χ4n) is 1.92. The summed E-state index contributed by atoms with van der Waals surface area (Å²) in [6, 6.07) is 10.7. The molecule has 0 aliphatic carbocycles. The van der Waals surface area contributed by atoms with Gasteiger partial charge in [0.2, 0.25) is 0 Å². The lowest BCUT2D eigenvalue weighted by Gasteiger charge is -2.07. The molecule has 0 heterocycles. The van der Waals surface area contributed by atoms with Gasteiger partial charge in [0.25, 0.3) is 11.6 Å². The maximum Gasteiger partial charge on any atom is 0.282 e. The number of nitrogens with two attached hydrogens (primary N) is 1. The first-order valence-electron chi connectivity index (χ1n) is 6.39. The van der Waals surface area contributed by atoms with Crippen LogP contribution in [0.2, 0.25) is 0 Å². The van der Waals surface area contributed by atoms with Gasteiger partial charge in [-0.15, -0.1) is 0 Å². The van der Waals surface area contributed by atoms with Gasteiger partial charge in [-0.1, -0.05) is 6.07 Å². The van der Waals surface area contributed by atoms with Gasteiger partial charge < -0.3 is 11.1 Å². The highest BCUT2D eigenvalue weighted by Gasteiger charge is 2.20. The first-order valence-corrected chi connectivity index (χ1v) is 6.39. The summed E-state index contributed by atoms with van der Waals surface area (Å²) in [5, 5.41) is 20.9. The minimum absolute atomic E-state index is 0.000597. The molecule has 22 heavy (non-hydrogen) atoms. The van der Waals surface area contributed by atoms with E-state index in [9.17, 15) is 14.9 Å². The van der Waals surface area contributed by atoms with Crippen LogP contribution >= 0.6 is 0 Å². The van der Waals surface area contributed by atoms with Crippen LogP contribution in [0.5, 0.6) is 0 Å². The summed E-state index contributed by atoms with van der Waals surface area (Å²) in [4.78, 5) is 22.6. The number of rotatable bonds is 4. The average Bonchev–Trinajstić information content (AvgIpc) is 2.47. The molecule has 0 atom stereocenters. The lowest BCUT2D eigenvalue weighted by atomic mass is 10.1. The zero-order valence-corrected chi connectivity index (χ0v) is 11.8. The molecule has 112 valence electrons. The summed E-state index contributed by atoms with van der Waals surface area (Å²) in [6.45, 7) is 1.75. The lowest BCUT2D eigenvalue weighted by Crippen LogP contribution is -2.15. The van der Waals surface area contributed by atoms with E-state index in [4.69, 9.17) is 11.1 Å². The van der Waals surface area contributed by atoms with E-state index in [1.54, 1.807) is 37.3 Å². The monoisotopic (exact) mass is 298 g/mol. The molecule has 0 unspecified atom stereocenters. The Kier molecular flexibility index (Phi) is 4.17. The van der Waals surface area contributed by atoms with Crippen molar-refractivity contribution in [3.8, 4) is 0 Å². The molecule has 4 N–H and O–H groups in total. The van der Waals surface area contributed by atoms with Gasteiger partial charge in [0.15, 0.2) is 0 Å². The molecule has 0 radical (unpaired) electrons. The number of benzene rings is 2. The number of amidine groups is 1. The Balaban J connectivity index is 2.27. The third-order valence-electron chi connectivity index (χ3n) is 3.05. The summed E-state index contributed by atoms with van der Waals surface area (Å²) >= 11 is 0.